The van der Waals surface area contributed by atoms with Gasteiger partial charge in [-0.25, -0.2) is 9.18 Å². The van der Waals surface area contributed by atoms with Crippen molar-refractivity contribution in [2.45, 2.75) is 58.8 Å². The number of halogens is 1. The van der Waals surface area contributed by atoms with Crippen LogP contribution in [0.15, 0.2) is 0 Å². The van der Waals surface area contributed by atoms with E-state index in [-0.39, 0.29) is 17.3 Å². The highest BCUT2D eigenvalue weighted by Gasteiger charge is 2.44. The molecule has 1 heterocycles. The largest absolute Gasteiger partial charge is 0.598 e. The number of nitrogens with zero attached hydrogens (tertiary/aromatic N) is 1. The van der Waals surface area contributed by atoms with Crippen molar-refractivity contribution in [3.05, 3.63) is 0 Å². The van der Waals surface area contributed by atoms with Crippen molar-refractivity contribution in [2.24, 2.45) is 17.3 Å². The second-order valence-corrected chi connectivity index (χ2v) is 10.4. The number of likely N-dealkylation sites (tertiary alicyclic amines) is 1. The molecule has 1 fully saturated rings. The van der Waals surface area contributed by atoms with Gasteiger partial charge in [-0.1, -0.05) is 20.8 Å². The molecule has 0 aliphatic carbocycles. The Morgan fingerprint density at radius 2 is 1.96 bits per heavy atom. The van der Waals surface area contributed by atoms with E-state index in [0.29, 0.717) is 19.5 Å². The molecular weight excluding hydrogens is 319 g/mol. The standard InChI is InChI=1S/C16H31FN2O3S/c1-15(2,3)12-10-19(14(20)21)8-7-11(12)13(9-17)18-23(22)16(4,5)6/h11-13,18H,7-10H2,1-6H3,(H,20,21)/t11-,12-,13-,23-/m0/s1. The van der Waals surface area contributed by atoms with Gasteiger partial charge in [0, 0.05) is 24.5 Å². The van der Waals surface area contributed by atoms with Gasteiger partial charge in [0.25, 0.3) is 0 Å². The zero-order valence-electron chi connectivity index (χ0n) is 15.1. The second-order valence-electron chi connectivity index (χ2n) is 8.41. The minimum atomic E-state index is -1.35. The van der Waals surface area contributed by atoms with Crippen molar-refractivity contribution in [3.63, 3.8) is 0 Å². The van der Waals surface area contributed by atoms with Crippen LogP contribution >= 0.6 is 0 Å². The summed E-state index contributed by atoms with van der Waals surface area (Å²) in [5, 5.41) is 9.24. The Kier molecular flexibility index (Phi) is 6.75. The van der Waals surface area contributed by atoms with Gasteiger partial charge in [0.2, 0.25) is 0 Å². The molecule has 1 aliphatic rings. The van der Waals surface area contributed by atoms with Gasteiger partial charge in [-0.15, -0.1) is 4.72 Å². The van der Waals surface area contributed by atoms with Crippen LogP contribution in [0.3, 0.4) is 0 Å². The molecule has 5 nitrogen and oxygen atoms in total. The maximum atomic E-state index is 13.7. The van der Waals surface area contributed by atoms with Crippen molar-refractivity contribution in [3.8, 4) is 0 Å². The van der Waals surface area contributed by atoms with Crippen LogP contribution in [0, 0.1) is 17.3 Å². The fourth-order valence-electron chi connectivity index (χ4n) is 3.09. The van der Waals surface area contributed by atoms with Crippen LogP contribution in [-0.2, 0) is 11.4 Å². The molecule has 0 radical (unpaired) electrons. The van der Waals surface area contributed by atoms with Crippen LogP contribution in [0.2, 0.25) is 0 Å². The van der Waals surface area contributed by atoms with Crippen molar-refractivity contribution in [2.75, 3.05) is 19.8 Å². The highest BCUT2D eigenvalue weighted by Crippen LogP contribution is 2.39. The van der Waals surface area contributed by atoms with Crippen LogP contribution in [0.25, 0.3) is 0 Å². The lowest BCUT2D eigenvalue weighted by Crippen LogP contribution is -2.56. The molecule has 1 saturated heterocycles. The molecule has 1 amide bonds. The molecule has 7 heteroatoms. The summed E-state index contributed by atoms with van der Waals surface area (Å²) in [4.78, 5) is 12.7. The van der Waals surface area contributed by atoms with E-state index in [4.69, 9.17) is 0 Å². The molecule has 0 aromatic carbocycles. The average Bonchev–Trinajstić information content (AvgIpc) is 2.41. The Labute approximate surface area is 142 Å². The fraction of sp³-hybridized carbons (Fsp3) is 0.938. The van der Waals surface area contributed by atoms with Gasteiger partial charge in [0.05, 0.1) is 6.04 Å². The number of carboxylic acid groups (broad SMARTS) is 1. The lowest BCUT2D eigenvalue weighted by Gasteiger charge is -2.46. The number of hydrogen-bond donors (Lipinski definition) is 2. The zero-order chi connectivity index (χ0) is 18.0. The molecule has 2 N–H and O–H groups in total. The molecule has 0 spiro atoms. The Bertz CT molecular complexity index is 409. The van der Waals surface area contributed by atoms with Crippen molar-refractivity contribution in [1.82, 2.24) is 9.62 Å². The molecule has 136 valence electrons. The van der Waals surface area contributed by atoms with Gasteiger partial charge in [0.15, 0.2) is 0 Å². The summed E-state index contributed by atoms with van der Waals surface area (Å²) in [7, 11) is 0. The summed E-state index contributed by atoms with van der Waals surface area (Å²) in [6.07, 6.45) is -0.349. The molecule has 0 bridgehead atoms. The molecule has 1 aliphatic heterocycles. The highest BCUT2D eigenvalue weighted by molar-refractivity contribution is 7.90. The number of carbonyl (C=O) groups is 1. The highest BCUT2D eigenvalue weighted by atomic mass is 32.2. The van der Waals surface area contributed by atoms with Gasteiger partial charge < -0.3 is 14.6 Å². The number of amides is 1. The third kappa shape index (κ3) is 5.50. The van der Waals surface area contributed by atoms with E-state index in [1.807, 2.05) is 41.5 Å². The van der Waals surface area contributed by atoms with Crippen LogP contribution < -0.4 is 4.72 Å². The predicted molar refractivity (Wildman–Crippen MR) is 91.4 cm³/mol. The van der Waals surface area contributed by atoms with E-state index < -0.39 is 34.9 Å². The first-order valence-corrected chi connectivity index (χ1v) is 9.24. The maximum absolute atomic E-state index is 13.7. The van der Waals surface area contributed by atoms with Crippen molar-refractivity contribution >= 4 is 17.5 Å². The summed E-state index contributed by atoms with van der Waals surface area (Å²) in [6, 6.07) is -0.518. The van der Waals surface area contributed by atoms with E-state index in [9.17, 15) is 18.8 Å². The topological polar surface area (TPSA) is 75.6 Å². The Morgan fingerprint density at radius 3 is 2.35 bits per heavy atom. The lowest BCUT2D eigenvalue weighted by molar-refractivity contribution is 0.0295. The Balaban J connectivity index is 2.94. The second kappa shape index (κ2) is 7.57. The van der Waals surface area contributed by atoms with Crippen LogP contribution in [0.5, 0.6) is 0 Å². The summed E-state index contributed by atoms with van der Waals surface area (Å²) in [5.74, 6) is -0.0283. The minimum Gasteiger partial charge on any atom is -0.598 e. The monoisotopic (exact) mass is 350 g/mol. The zero-order valence-corrected chi connectivity index (χ0v) is 15.9. The quantitative estimate of drug-likeness (QED) is 0.764. The normalized spacial score (nSPS) is 26.0. The van der Waals surface area contributed by atoms with Gasteiger partial charge in [0.1, 0.15) is 11.4 Å². The van der Waals surface area contributed by atoms with Crippen LogP contribution in [-0.4, -0.2) is 51.2 Å². The predicted octanol–water partition coefficient (Wildman–Crippen LogP) is 3.04. The molecular formula is C16H31FN2O3S. The van der Waals surface area contributed by atoms with Gasteiger partial charge in [-0.05, 0) is 44.4 Å². The summed E-state index contributed by atoms with van der Waals surface area (Å²) < 4.78 is 28.5. The Morgan fingerprint density at radius 1 is 1.39 bits per heavy atom. The lowest BCUT2D eigenvalue weighted by atomic mass is 9.68. The third-order valence-electron chi connectivity index (χ3n) is 4.55. The van der Waals surface area contributed by atoms with Crippen molar-refractivity contribution in [1.29, 1.82) is 0 Å². The van der Waals surface area contributed by atoms with Gasteiger partial charge >= 0.3 is 6.09 Å². The van der Waals surface area contributed by atoms with Crippen LogP contribution in [0.1, 0.15) is 48.0 Å². The molecule has 0 unspecified atom stereocenters. The number of piperidine rings is 1. The summed E-state index contributed by atoms with van der Waals surface area (Å²) >= 11 is -1.35. The maximum Gasteiger partial charge on any atom is 0.407 e. The minimum absolute atomic E-state index is 0.0116. The fourth-order valence-corrected chi connectivity index (χ4v) is 3.96. The SMILES string of the molecule is CC(C)(C)[C@H]1CN(C(=O)O)CC[C@@H]1[C@H](CF)N[S@@+]([O-])C(C)(C)C. The third-order valence-corrected chi connectivity index (χ3v) is 6.18. The van der Waals surface area contributed by atoms with Gasteiger partial charge in [-0.2, -0.15) is 0 Å². The van der Waals surface area contributed by atoms with E-state index in [1.165, 1.54) is 4.90 Å². The molecule has 0 aromatic rings. The van der Waals surface area contributed by atoms with E-state index in [2.05, 4.69) is 4.72 Å². The van der Waals surface area contributed by atoms with E-state index in [1.54, 1.807) is 0 Å². The Hall–Kier alpha value is -0.530. The first-order valence-electron chi connectivity index (χ1n) is 8.09. The first-order chi connectivity index (χ1) is 10.4. The molecule has 0 aromatic heterocycles. The number of hydrogen-bond acceptors (Lipinski definition) is 3. The summed E-state index contributed by atoms with van der Waals surface area (Å²) in [5.41, 5.74) is -0.156. The molecule has 0 saturated carbocycles. The van der Waals surface area contributed by atoms with Crippen molar-refractivity contribution < 1.29 is 18.8 Å². The number of nitrogens with one attached hydrogen (secondary N) is 1. The smallest absolute Gasteiger partial charge is 0.407 e. The molecule has 4 atom stereocenters. The summed E-state index contributed by atoms with van der Waals surface area (Å²) in [6.45, 7) is 11.9. The number of alkyl halides is 1. The average molecular weight is 351 g/mol. The van der Waals surface area contributed by atoms with E-state index in [0.717, 1.165) is 0 Å². The first kappa shape index (κ1) is 20.5. The number of rotatable bonds is 4. The van der Waals surface area contributed by atoms with E-state index >= 15 is 0 Å². The van der Waals surface area contributed by atoms with Gasteiger partial charge in [-0.3, -0.25) is 0 Å². The molecule has 1 rings (SSSR count). The van der Waals surface area contributed by atoms with Crippen LogP contribution in [0.4, 0.5) is 9.18 Å². The molecule has 23 heavy (non-hydrogen) atoms.